The van der Waals surface area contributed by atoms with Crippen molar-refractivity contribution in [2.75, 3.05) is 26.2 Å². The summed E-state index contributed by atoms with van der Waals surface area (Å²) >= 11 is 0. The highest BCUT2D eigenvalue weighted by molar-refractivity contribution is 5.85. The molecule has 23 heavy (non-hydrogen) atoms. The van der Waals surface area contributed by atoms with Gasteiger partial charge in [0.05, 0.1) is 0 Å². The first-order valence-corrected chi connectivity index (χ1v) is 8.79. The van der Waals surface area contributed by atoms with Gasteiger partial charge >= 0.3 is 0 Å². The van der Waals surface area contributed by atoms with Crippen LogP contribution in [0, 0.1) is 23.7 Å². The molecule has 1 heterocycles. The van der Waals surface area contributed by atoms with Gasteiger partial charge in [0.15, 0.2) is 0 Å². The number of rotatable bonds is 5. The normalized spacial score (nSPS) is 27.7. The van der Waals surface area contributed by atoms with Gasteiger partial charge in [-0.1, -0.05) is 20.3 Å². The topological polar surface area (TPSA) is 75.4 Å². The molecule has 0 aromatic carbocycles. The van der Waals surface area contributed by atoms with Crippen LogP contribution in [0.15, 0.2) is 0 Å². The molecule has 2 aliphatic rings. The Morgan fingerprint density at radius 1 is 1.22 bits per heavy atom. The minimum absolute atomic E-state index is 0. The van der Waals surface area contributed by atoms with Crippen LogP contribution in [0.25, 0.3) is 0 Å². The zero-order chi connectivity index (χ0) is 16.1. The van der Waals surface area contributed by atoms with E-state index in [1.807, 2.05) is 18.7 Å². The third-order valence-corrected chi connectivity index (χ3v) is 5.20. The Hall–Kier alpha value is -0.810. The summed E-state index contributed by atoms with van der Waals surface area (Å²) in [5, 5.41) is 3.00. The highest BCUT2D eigenvalue weighted by Crippen LogP contribution is 2.33. The van der Waals surface area contributed by atoms with Crippen molar-refractivity contribution in [3.63, 3.8) is 0 Å². The summed E-state index contributed by atoms with van der Waals surface area (Å²) in [7, 11) is 0. The molecule has 0 spiro atoms. The van der Waals surface area contributed by atoms with Crippen LogP contribution in [0.2, 0.25) is 0 Å². The maximum atomic E-state index is 12.7. The van der Waals surface area contributed by atoms with Gasteiger partial charge in [0.25, 0.3) is 0 Å². The predicted molar refractivity (Wildman–Crippen MR) is 94.3 cm³/mol. The molecule has 1 aliphatic heterocycles. The number of likely N-dealkylation sites (tertiary alicyclic amines) is 1. The summed E-state index contributed by atoms with van der Waals surface area (Å²) in [5.74, 6) is 1.31. The molecule has 1 saturated carbocycles. The molecule has 0 bridgehead atoms. The molecule has 134 valence electrons. The largest absolute Gasteiger partial charge is 0.356 e. The molecular formula is C17H32ClN3O2. The van der Waals surface area contributed by atoms with E-state index in [9.17, 15) is 9.59 Å². The Balaban J connectivity index is 0.00000264. The zero-order valence-corrected chi connectivity index (χ0v) is 15.2. The number of hydrogen-bond acceptors (Lipinski definition) is 3. The Morgan fingerprint density at radius 2 is 1.96 bits per heavy atom. The second-order valence-corrected chi connectivity index (χ2v) is 7.23. The number of hydrogen-bond donors (Lipinski definition) is 2. The first-order valence-electron chi connectivity index (χ1n) is 8.79. The lowest BCUT2D eigenvalue weighted by molar-refractivity contribution is -0.138. The van der Waals surface area contributed by atoms with E-state index in [1.54, 1.807) is 0 Å². The van der Waals surface area contributed by atoms with Crippen LogP contribution in [-0.2, 0) is 9.59 Å². The molecule has 3 N–H and O–H groups in total. The third-order valence-electron chi connectivity index (χ3n) is 5.20. The van der Waals surface area contributed by atoms with Crippen molar-refractivity contribution >= 4 is 24.2 Å². The van der Waals surface area contributed by atoms with Crippen LogP contribution in [0.5, 0.6) is 0 Å². The van der Waals surface area contributed by atoms with Crippen molar-refractivity contribution in [3.05, 3.63) is 0 Å². The maximum absolute atomic E-state index is 12.7. The average Bonchev–Trinajstić information content (AvgIpc) is 3.00. The first-order chi connectivity index (χ1) is 10.5. The number of carbonyl (C=O) groups is 2. The van der Waals surface area contributed by atoms with E-state index < -0.39 is 0 Å². The molecule has 5 nitrogen and oxygen atoms in total. The molecule has 1 saturated heterocycles. The number of piperidine rings is 1. The zero-order valence-electron chi connectivity index (χ0n) is 14.4. The van der Waals surface area contributed by atoms with Gasteiger partial charge in [-0.2, -0.15) is 0 Å². The molecule has 2 fully saturated rings. The number of halogens is 1. The van der Waals surface area contributed by atoms with Gasteiger partial charge in [0.2, 0.25) is 11.8 Å². The fourth-order valence-corrected chi connectivity index (χ4v) is 3.76. The monoisotopic (exact) mass is 345 g/mol. The van der Waals surface area contributed by atoms with Gasteiger partial charge in [-0.15, -0.1) is 12.4 Å². The van der Waals surface area contributed by atoms with Gasteiger partial charge < -0.3 is 16.0 Å². The second-order valence-electron chi connectivity index (χ2n) is 7.23. The van der Waals surface area contributed by atoms with Crippen molar-refractivity contribution in [2.45, 2.75) is 46.0 Å². The SMILES string of the molecule is CC(C)C(=O)NCC1CCCN(C(=O)[C@@H]2CCC[C@@H]2CN)C1.Cl. The van der Waals surface area contributed by atoms with E-state index in [0.717, 1.165) is 45.2 Å². The third kappa shape index (κ3) is 5.35. The average molecular weight is 346 g/mol. The van der Waals surface area contributed by atoms with Crippen molar-refractivity contribution in [2.24, 2.45) is 29.4 Å². The lowest BCUT2D eigenvalue weighted by Gasteiger charge is -2.35. The van der Waals surface area contributed by atoms with Crippen molar-refractivity contribution in [1.29, 1.82) is 0 Å². The Morgan fingerprint density at radius 3 is 2.61 bits per heavy atom. The van der Waals surface area contributed by atoms with E-state index in [1.165, 1.54) is 0 Å². The quantitative estimate of drug-likeness (QED) is 0.797. The van der Waals surface area contributed by atoms with Crippen molar-refractivity contribution in [3.8, 4) is 0 Å². The van der Waals surface area contributed by atoms with Gasteiger partial charge in [0, 0.05) is 31.5 Å². The first kappa shape index (κ1) is 20.2. The van der Waals surface area contributed by atoms with Crippen LogP contribution in [0.3, 0.4) is 0 Å². The summed E-state index contributed by atoms with van der Waals surface area (Å²) < 4.78 is 0. The van der Waals surface area contributed by atoms with E-state index in [4.69, 9.17) is 5.73 Å². The Kier molecular flexibility index (Phi) is 8.34. The van der Waals surface area contributed by atoms with E-state index in [2.05, 4.69) is 5.32 Å². The van der Waals surface area contributed by atoms with Gasteiger partial charge in [-0.3, -0.25) is 9.59 Å². The number of carbonyl (C=O) groups excluding carboxylic acids is 2. The second kappa shape index (κ2) is 9.48. The number of nitrogens with two attached hydrogens (primary N) is 1. The number of nitrogens with zero attached hydrogens (tertiary/aromatic N) is 1. The number of nitrogens with one attached hydrogen (secondary N) is 1. The fraction of sp³-hybridized carbons (Fsp3) is 0.882. The van der Waals surface area contributed by atoms with Crippen LogP contribution in [0.4, 0.5) is 0 Å². The predicted octanol–water partition coefficient (Wildman–Crippen LogP) is 1.79. The molecule has 0 radical (unpaired) electrons. The fourth-order valence-electron chi connectivity index (χ4n) is 3.76. The van der Waals surface area contributed by atoms with E-state index >= 15 is 0 Å². The molecule has 1 unspecified atom stereocenters. The lowest BCUT2D eigenvalue weighted by Crippen LogP contribution is -2.47. The van der Waals surface area contributed by atoms with Crippen LogP contribution >= 0.6 is 12.4 Å². The summed E-state index contributed by atoms with van der Waals surface area (Å²) in [6, 6.07) is 0. The number of amides is 2. The van der Waals surface area contributed by atoms with Crippen LogP contribution < -0.4 is 11.1 Å². The molecule has 6 heteroatoms. The Labute approximate surface area is 146 Å². The summed E-state index contributed by atoms with van der Waals surface area (Å²) in [5.41, 5.74) is 5.81. The minimum Gasteiger partial charge on any atom is -0.356 e. The Bertz CT molecular complexity index is 403. The highest BCUT2D eigenvalue weighted by atomic mass is 35.5. The minimum atomic E-state index is 0. The standard InChI is InChI=1S/C17H31N3O2.ClH/c1-12(2)16(21)19-10-13-5-4-8-20(11-13)17(22)15-7-3-6-14(15)9-18;/h12-15H,3-11,18H2,1-2H3,(H,19,21);1H/t13?,14-,15-;/m1./s1. The van der Waals surface area contributed by atoms with Crippen molar-refractivity contribution in [1.82, 2.24) is 10.2 Å². The van der Waals surface area contributed by atoms with Crippen LogP contribution in [0.1, 0.15) is 46.0 Å². The van der Waals surface area contributed by atoms with E-state index in [0.29, 0.717) is 30.8 Å². The van der Waals surface area contributed by atoms with Gasteiger partial charge in [-0.25, -0.2) is 0 Å². The molecule has 2 amide bonds. The summed E-state index contributed by atoms with van der Waals surface area (Å²) in [4.78, 5) is 26.5. The maximum Gasteiger partial charge on any atom is 0.226 e. The molecule has 0 aromatic rings. The summed E-state index contributed by atoms with van der Waals surface area (Å²) in [6.45, 7) is 6.76. The summed E-state index contributed by atoms with van der Waals surface area (Å²) in [6.07, 6.45) is 5.33. The molecule has 2 rings (SSSR count). The van der Waals surface area contributed by atoms with Crippen molar-refractivity contribution < 1.29 is 9.59 Å². The van der Waals surface area contributed by atoms with Crippen LogP contribution in [-0.4, -0.2) is 42.9 Å². The molecule has 1 aliphatic carbocycles. The van der Waals surface area contributed by atoms with Gasteiger partial charge in [-0.05, 0) is 44.1 Å². The molecule has 3 atom stereocenters. The molecule has 0 aromatic heterocycles. The smallest absolute Gasteiger partial charge is 0.226 e. The van der Waals surface area contributed by atoms with E-state index in [-0.39, 0.29) is 30.2 Å². The lowest BCUT2D eigenvalue weighted by atomic mass is 9.92. The molecular weight excluding hydrogens is 314 g/mol. The van der Waals surface area contributed by atoms with Gasteiger partial charge in [0.1, 0.15) is 0 Å². The highest BCUT2D eigenvalue weighted by Gasteiger charge is 2.36.